The standard InChI is InChI=1S/C11H8F3N3/c12-6-3-1-2-4-9(6)16-11-8(14)5-7(13)10(15)17-11/h1-5H,(H3,15,16,17). The predicted molar refractivity (Wildman–Crippen MR) is 58.2 cm³/mol. The highest BCUT2D eigenvalue weighted by atomic mass is 19.1. The van der Waals surface area contributed by atoms with E-state index in [4.69, 9.17) is 5.73 Å². The fourth-order valence-corrected chi connectivity index (χ4v) is 1.26. The minimum absolute atomic E-state index is 0.0323. The van der Waals surface area contributed by atoms with Crippen LogP contribution in [0.2, 0.25) is 0 Å². The van der Waals surface area contributed by atoms with E-state index < -0.39 is 23.3 Å². The van der Waals surface area contributed by atoms with Crippen LogP contribution in [0.15, 0.2) is 30.3 Å². The van der Waals surface area contributed by atoms with Crippen molar-refractivity contribution in [3.8, 4) is 0 Å². The lowest BCUT2D eigenvalue weighted by molar-refractivity contribution is 0.580. The first-order valence-corrected chi connectivity index (χ1v) is 4.71. The number of nitrogens with one attached hydrogen (secondary N) is 1. The molecule has 0 amide bonds. The first kappa shape index (κ1) is 11.3. The van der Waals surface area contributed by atoms with Gasteiger partial charge in [-0.1, -0.05) is 12.1 Å². The van der Waals surface area contributed by atoms with Gasteiger partial charge in [0, 0.05) is 6.07 Å². The van der Waals surface area contributed by atoms with Crippen molar-refractivity contribution in [3.63, 3.8) is 0 Å². The van der Waals surface area contributed by atoms with E-state index in [1.165, 1.54) is 18.2 Å². The van der Waals surface area contributed by atoms with E-state index in [0.717, 1.165) is 0 Å². The second-order valence-electron chi connectivity index (χ2n) is 3.29. The number of aromatic nitrogens is 1. The molecule has 88 valence electrons. The van der Waals surface area contributed by atoms with Gasteiger partial charge in [0.15, 0.2) is 23.3 Å². The van der Waals surface area contributed by atoms with Crippen LogP contribution in [0.4, 0.5) is 30.5 Å². The molecule has 0 aliphatic heterocycles. The molecule has 0 radical (unpaired) electrons. The topological polar surface area (TPSA) is 50.9 Å². The van der Waals surface area contributed by atoms with Crippen LogP contribution in [0, 0.1) is 17.5 Å². The van der Waals surface area contributed by atoms with E-state index in [2.05, 4.69) is 10.3 Å². The molecular weight excluding hydrogens is 231 g/mol. The molecule has 0 spiro atoms. The summed E-state index contributed by atoms with van der Waals surface area (Å²) in [4.78, 5) is 3.46. The van der Waals surface area contributed by atoms with Crippen molar-refractivity contribution < 1.29 is 13.2 Å². The largest absolute Gasteiger partial charge is 0.381 e. The van der Waals surface area contributed by atoms with Crippen LogP contribution in [0.1, 0.15) is 0 Å². The zero-order chi connectivity index (χ0) is 12.4. The summed E-state index contributed by atoms with van der Waals surface area (Å²) in [5, 5.41) is 2.40. The van der Waals surface area contributed by atoms with Crippen LogP contribution in [0.5, 0.6) is 0 Å². The maximum absolute atomic E-state index is 13.3. The Hall–Kier alpha value is -2.24. The van der Waals surface area contributed by atoms with Gasteiger partial charge in [-0.05, 0) is 12.1 Å². The van der Waals surface area contributed by atoms with Crippen LogP contribution in [-0.2, 0) is 0 Å². The monoisotopic (exact) mass is 239 g/mol. The van der Waals surface area contributed by atoms with E-state index in [9.17, 15) is 13.2 Å². The lowest BCUT2D eigenvalue weighted by Gasteiger charge is -2.08. The fourth-order valence-electron chi connectivity index (χ4n) is 1.26. The summed E-state index contributed by atoms with van der Waals surface area (Å²) in [5.41, 5.74) is 5.23. The summed E-state index contributed by atoms with van der Waals surface area (Å²) in [5.74, 6) is -3.25. The summed E-state index contributed by atoms with van der Waals surface area (Å²) in [6.45, 7) is 0. The Morgan fingerprint density at radius 2 is 1.71 bits per heavy atom. The number of para-hydroxylation sites is 1. The Balaban J connectivity index is 2.37. The Morgan fingerprint density at radius 3 is 2.41 bits per heavy atom. The highest BCUT2D eigenvalue weighted by molar-refractivity contribution is 5.58. The van der Waals surface area contributed by atoms with E-state index in [0.29, 0.717) is 6.07 Å². The number of hydrogen-bond acceptors (Lipinski definition) is 3. The summed E-state index contributed by atoms with van der Waals surface area (Å²) >= 11 is 0. The summed E-state index contributed by atoms with van der Waals surface area (Å²) in [6.07, 6.45) is 0. The molecule has 0 aliphatic rings. The third-order valence-corrected chi connectivity index (χ3v) is 2.08. The number of anilines is 3. The van der Waals surface area contributed by atoms with Crippen LogP contribution in [-0.4, -0.2) is 4.98 Å². The molecule has 17 heavy (non-hydrogen) atoms. The number of benzene rings is 1. The molecule has 1 aromatic carbocycles. The van der Waals surface area contributed by atoms with Crippen molar-refractivity contribution in [1.82, 2.24) is 4.98 Å². The van der Waals surface area contributed by atoms with Gasteiger partial charge in [0.2, 0.25) is 0 Å². The van der Waals surface area contributed by atoms with Crippen LogP contribution < -0.4 is 11.1 Å². The van der Waals surface area contributed by atoms with Gasteiger partial charge >= 0.3 is 0 Å². The van der Waals surface area contributed by atoms with Gasteiger partial charge in [0.1, 0.15) is 5.82 Å². The molecule has 0 fully saturated rings. The third-order valence-electron chi connectivity index (χ3n) is 2.08. The maximum Gasteiger partial charge on any atom is 0.169 e. The molecule has 0 bridgehead atoms. The molecule has 3 nitrogen and oxygen atoms in total. The number of nitrogens with zero attached hydrogens (tertiary/aromatic N) is 1. The number of halogens is 3. The molecule has 2 rings (SSSR count). The van der Waals surface area contributed by atoms with Crippen LogP contribution in [0.3, 0.4) is 0 Å². The van der Waals surface area contributed by atoms with Crippen molar-refractivity contribution >= 4 is 17.3 Å². The Morgan fingerprint density at radius 1 is 1.00 bits per heavy atom. The average molecular weight is 239 g/mol. The zero-order valence-corrected chi connectivity index (χ0v) is 8.55. The highest BCUT2D eigenvalue weighted by Crippen LogP contribution is 2.22. The van der Waals surface area contributed by atoms with Gasteiger partial charge in [0.25, 0.3) is 0 Å². The number of nitrogens with two attached hydrogens (primary N) is 1. The third kappa shape index (κ3) is 2.30. The quantitative estimate of drug-likeness (QED) is 0.847. The van der Waals surface area contributed by atoms with Gasteiger partial charge in [-0.15, -0.1) is 0 Å². The van der Waals surface area contributed by atoms with Gasteiger partial charge < -0.3 is 11.1 Å². The summed E-state index contributed by atoms with van der Waals surface area (Å²) < 4.78 is 39.4. The van der Waals surface area contributed by atoms with Crippen molar-refractivity contribution in [2.75, 3.05) is 11.1 Å². The molecule has 3 N–H and O–H groups in total. The van der Waals surface area contributed by atoms with Crippen LogP contribution in [0.25, 0.3) is 0 Å². The molecule has 0 saturated heterocycles. The Labute approximate surface area is 95.1 Å². The minimum Gasteiger partial charge on any atom is -0.381 e. The lowest BCUT2D eigenvalue weighted by Crippen LogP contribution is -2.04. The maximum atomic E-state index is 13.3. The second kappa shape index (κ2) is 4.32. The van der Waals surface area contributed by atoms with Crippen LogP contribution >= 0.6 is 0 Å². The average Bonchev–Trinajstić information content (AvgIpc) is 2.29. The van der Waals surface area contributed by atoms with Gasteiger partial charge in [-0.25, -0.2) is 18.2 Å². The van der Waals surface area contributed by atoms with Crippen molar-refractivity contribution in [2.45, 2.75) is 0 Å². The second-order valence-corrected chi connectivity index (χ2v) is 3.29. The SMILES string of the molecule is Nc1nc(Nc2ccccc2F)c(F)cc1F. The first-order valence-electron chi connectivity index (χ1n) is 4.71. The van der Waals surface area contributed by atoms with Crippen molar-refractivity contribution in [2.24, 2.45) is 0 Å². The van der Waals surface area contributed by atoms with Gasteiger partial charge in [-0.2, -0.15) is 0 Å². The molecular formula is C11H8F3N3. The number of nitrogen functional groups attached to an aromatic ring is 1. The Kier molecular flexibility index (Phi) is 2.86. The van der Waals surface area contributed by atoms with E-state index in [1.807, 2.05) is 0 Å². The van der Waals surface area contributed by atoms with Crippen molar-refractivity contribution in [3.05, 3.63) is 47.8 Å². The lowest BCUT2D eigenvalue weighted by atomic mass is 10.3. The predicted octanol–water partition coefficient (Wildman–Crippen LogP) is 2.82. The summed E-state index contributed by atoms with van der Waals surface area (Å²) in [7, 11) is 0. The van der Waals surface area contributed by atoms with E-state index in [1.54, 1.807) is 6.07 Å². The van der Waals surface area contributed by atoms with E-state index in [-0.39, 0.29) is 11.5 Å². The normalized spacial score (nSPS) is 10.3. The number of hydrogen-bond donors (Lipinski definition) is 2. The smallest absolute Gasteiger partial charge is 0.169 e. The molecule has 0 saturated carbocycles. The summed E-state index contributed by atoms with van der Waals surface area (Å²) in [6, 6.07) is 6.24. The zero-order valence-electron chi connectivity index (χ0n) is 8.55. The first-order chi connectivity index (χ1) is 8.08. The van der Waals surface area contributed by atoms with Gasteiger partial charge in [-0.3, -0.25) is 0 Å². The number of pyridine rings is 1. The molecule has 0 aliphatic carbocycles. The Bertz CT molecular complexity index is 558. The van der Waals surface area contributed by atoms with Gasteiger partial charge in [0.05, 0.1) is 5.69 Å². The molecule has 1 aromatic heterocycles. The molecule has 0 unspecified atom stereocenters. The highest BCUT2D eigenvalue weighted by Gasteiger charge is 2.11. The number of rotatable bonds is 2. The molecule has 0 atom stereocenters. The van der Waals surface area contributed by atoms with Crippen molar-refractivity contribution in [1.29, 1.82) is 0 Å². The molecule has 6 heteroatoms. The molecule has 1 heterocycles. The minimum atomic E-state index is -0.957. The molecule has 2 aromatic rings. The fraction of sp³-hybridized carbons (Fsp3) is 0. The van der Waals surface area contributed by atoms with E-state index >= 15 is 0 Å².